The van der Waals surface area contributed by atoms with E-state index in [9.17, 15) is 4.79 Å². The van der Waals surface area contributed by atoms with Crippen LogP contribution >= 0.6 is 0 Å². The Morgan fingerprint density at radius 3 is 3.17 bits per heavy atom. The fourth-order valence-electron chi connectivity index (χ4n) is 2.56. The lowest BCUT2D eigenvalue weighted by atomic mass is 10.1. The number of fused-ring (bicyclic) bond motifs is 1. The summed E-state index contributed by atoms with van der Waals surface area (Å²) in [6.07, 6.45) is 1.33. The molecule has 18 heavy (non-hydrogen) atoms. The third-order valence-electron chi connectivity index (χ3n) is 3.63. The quantitative estimate of drug-likeness (QED) is 0.764. The van der Waals surface area contributed by atoms with Gasteiger partial charge in [0, 0.05) is 18.7 Å². The molecule has 3 rings (SSSR count). The first-order chi connectivity index (χ1) is 8.76. The van der Waals surface area contributed by atoms with Gasteiger partial charge in [0.25, 0.3) is 0 Å². The molecule has 0 N–H and O–H groups in total. The highest BCUT2D eigenvalue weighted by Crippen LogP contribution is 2.26. The van der Waals surface area contributed by atoms with E-state index < -0.39 is 0 Å². The number of likely N-dealkylation sites (N-methyl/N-ethyl adjacent to an activating group) is 1. The minimum absolute atomic E-state index is 0.227. The van der Waals surface area contributed by atoms with E-state index in [0.29, 0.717) is 12.2 Å². The molecule has 4 heteroatoms. The summed E-state index contributed by atoms with van der Waals surface area (Å²) in [6, 6.07) is 5.58. The molecule has 0 unspecified atom stereocenters. The first-order valence-corrected chi connectivity index (χ1v) is 6.45. The van der Waals surface area contributed by atoms with Crippen LogP contribution in [0.3, 0.4) is 0 Å². The van der Waals surface area contributed by atoms with Gasteiger partial charge in [-0.2, -0.15) is 0 Å². The molecular weight excluding hydrogens is 230 g/mol. The summed E-state index contributed by atoms with van der Waals surface area (Å²) < 4.78 is 10.9. The Hall–Kier alpha value is -1.55. The molecule has 0 aliphatic carbocycles. The predicted molar refractivity (Wildman–Crippen MR) is 66.7 cm³/mol. The average molecular weight is 247 g/mol. The summed E-state index contributed by atoms with van der Waals surface area (Å²) in [5, 5.41) is 0. The molecule has 1 atom stereocenters. The summed E-state index contributed by atoms with van der Waals surface area (Å²) in [4.78, 5) is 13.7. The lowest BCUT2D eigenvalue weighted by Crippen LogP contribution is -2.24. The van der Waals surface area contributed by atoms with Crippen molar-refractivity contribution in [1.82, 2.24) is 4.90 Å². The maximum atomic E-state index is 11.3. The van der Waals surface area contributed by atoms with Crippen molar-refractivity contribution in [2.75, 3.05) is 19.6 Å². The van der Waals surface area contributed by atoms with Crippen molar-refractivity contribution in [1.29, 1.82) is 0 Å². The van der Waals surface area contributed by atoms with E-state index >= 15 is 0 Å². The highest BCUT2D eigenvalue weighted by Gasteiger charge is 2.25. The lowest BCUT2D eigenvalue weighted by Gasteiger charge is -2.15. The Balaban J connectivity index is 1.69. The largest absolute Gasteiger partial charge is 0.489 e. The second kappa shape index (κ2) is 4.61. The number of benzene rings is 1. The molecule has 0 spiro atoms. The highest BCUT2D eigenvalue weighted by molar-refractivity contribution is 5.93. The molecule has 0 bridgehead atoms. The van der Waals surface area contributed by atoms with Gasteiger partial charge in [0.2, 0.25) is 0 Å². The van der Waals surface area contributed by atoms with E-state index in [2.05, 4.69) is 11.8 Å². The van der Waals surface area contributed by atoms with Crippen LogP contribution in [-0.2, 0) is 11.3 Å². The van der Waals surface area contributed by atoms with Gasteiger partial charge < -0.3 is 9.47 Å². The lowest BCUT2D eigenvalue weighted by molar-refractivity contribution is 0.0535. The summed E-state index contributed by atoms with van der Waals surface area (Å²) >= 11 is 0. The molecule has 96 valence electrons. The first-order valence-electron chi connectivity index (χ1n) is 6.45. The van der Waals surface area contributed by atoms with Crippen molar-refractivity contribution in [3.63, 3.8) is 0 Å². The van der Waals surface area contributed by atoms with Crippen molar-refractivity contribution >= 4 is 5.97 Å². The molecule has 1 fully saturated rings. The van der Waals surface area contributed by atoms with Crippen LogP contribution in [0.5, 0.6) is 5.75 Å². The zero-order valence-corrected chi connectivity index (χ0v) is 10.5. The SMILES string of the molecule is CCN1CC[C@@H](Oc2ccc3c(c2)COC3=O)C1. The molecule has 1 saturated heterocycles. The van der Waals surface area contributed by atoms with Gasteiger partial charge in [-0.15, -0.1) is 0 Å². The standard InChI is InChI=1S/C14H17NO3/c1-2-15-6-5-12(8-15)18-11-3-4-13-10(7-11)9-17-14(13)16/h3-4,7,12H,2,5-6,8-9H2,1H3/t12-/m1/s1. The van der Waals surface area contributed by atoms with Crippen LogP contribution in [0.25, 0.3) is 0 Å². The molecule has 0 saturated carbocycles. The van der Waals surface area contributed by atoms with Crippen molar-refractivity contribution < 1.29 is 14.3 Å². The minimum atomic E-state index is -0.227. The summed E-state index contributed by atoms with van der Waals surface area (Å²) in [5.74, 6) is 0.615. The predicted octanol–water partition coefficient (Wildman–Crippen LogP) is 1.83. The summed E-state index contributed by atoms with van der Waals surface area (Å²) in [6.45, 7) is 5.71. The molecule has 4 nitrogen and oxygen atoms in total. The minimum Gasteiger partial charge on any atom is -0.489 e. The van der Waals surface area contributed by atoms with Gasteiger partial charge in [-0.25, -0.2) is 4.79 Å². The molecule has 0 aromatic heterocycles. The maximum Gasteiger partial charge on any atom is 0.338 e. The second-order valence-electron chi connectivity index (χ2n) is 4.82. The fourth-order valence-corrected chi connectivity index (χ4v) is 2.56. The van der Waals surface area contributed by atoms with Gasteiger partial charge in [0.05, 0.1) is 5.56 Å². The smallest absolute Gasteiger partial charge is 0.338 e. The Morgan fingerprint density at radius 1 is 1.50 bits per heavy atom. The number of cyclic esters (lactones) is 1. The van der Waals surface area contributed by atoms with Crippen LogP contribution in [0.4, 0.5) is 0 Å². The highest BCUT2D eigenvalue weighted by atomic mass is 16.5. The number of carbonyl (C=O) groups excluding carboxylic acids is 1. The number of carbonyl (C=O) groups is 1. The van der Waals surface area contributed by atoms with E-state index in [0.717, 1.165) is 37.4 Å². The first kappa shape index (κ1) is 11.5. The zero-order chi connectivity index (χ0) is 12.5. The van der Waals surface area contributed by atoms with Crippen molar-refractivity contribution in [3.8, 4) is 5.75 Å². The van der Waals surface area contributed by atoms with E-state index in [-0.39, 0.29) is 12.1 Å². The molecule has 1 aromatic rings. The van der Waals surface area contributed by atoms with E-state index in [1.54, 1.807) is 6.07 Å². The van der Waals surface area contributed by atoms with Crippen molar-refractivity contribution in [2.24, 2.45) is 0 Å². The van der Waals surface area contributed by atoms with Gasteiger partial charge in [0.15, 0.2) is 0 Å². The van der Waals surface area contributed by atoms with Crippen LogP contribution in [0.2, 0.25) is 0 Å². The average Bonchev–Trinajstić information content (AvgIpc) is 2.97. The molecule has 2 aliphatic rings. The third kappa shape index (κ3) is 2.08. The fraction of sp³-hybridized carbons (Fsp3) is 0.500. The maximum absolute atomic E-state index is 11.3. The monoisotopic (exact) mass is 247 g/mol. The van der Waals surface area contributed by atoms with E-state index in [1.807, 2.05) is 12.1 Å². The summed E-state index contributed by atoms with van der Waals surface area (Å²) in [5.41, 5.74) is 1.60. The van der Waals surface area contributed by atoms with Gasteiger partial charge in [-0.3, -0.25) is 4.90 Å². The number of hydrogen-bond acceptors (Lipinski definition) is 4. The number of esters is 1. The number of likely N-dealkylation sites (tertiary alicyclic amines) is 1. The van der Waals surface area contributed by atoms with Crippen molar-refractivity contribution in [2.45, 2.75) is 26.1 Å². The Labute approximate surface area is 106 Å². The molecule has 0 amide bonds. The van der Waals surface area contributed by atoms with Crippen LogP contribution in [0, 0.1) is 0 Å². The normalized spacial score (nSPS) is 22.9. The Bertz CT molecular complexity index is 472. The Morgan fingerprint density at radius 2 is 2.39 bits per heavy atom. The summed E-state index contributed by atoms with van der Waals surface area (Å²) in [7, 11) is 0. The zero-order valence-electron chi connectivity index (χ0n) is 10.5. The van der Waals surface area contributed by atoms with Crippen LogP contribution in [0.1, 0.15) is 29.3 Å². The van der Waals surface area contributed by atoms with E-state index in [1.165, 1.54) is 0 Å². The number of nitrogens with zero attached hydrogens (tertiary/aromatic N) is 1. The molecular formula is C14H17NO3. The molecule has 2 heterocycles. The van der Waals surface area contributed by atoms with Gasteiger partial charge in [0.1, 0.15) is 18.5 Å². The topological polar surface area (TPSA) is 38.8 Å². The van der Waals surface area contributed by atoms with Crippen molar-refractivity contribution in [3.05, 3.63) is 29.3 Å². The Kier molecular flexibility index (Phi) is 2.96. The van der Waals surface area contributed by atoms with Gasteiger partial charge in [-0.05, 0) is 31.2 Å². The molecule has 0 radical (unpaired) electrons. The molecule has 1 aromatic carbocycles. The van der Waals surface area contributed by atoms with Gasteiger partial charge >= 0.3 is 5.97 Å². The second-order valence-corrected chi connectivity index (χ2v) is 4.82. The van der Waals surface area contributed by atoms with Crippen LogP contribution in [-0.4, -0.2) is 36.6 Å². The number of ether oxygens (including phenoxy) is 2. The van der Waals surface area contributed by atoms with Gasteiger partial charge in [-0.1, -0.05) is 6.92 Å². The number of rotatable bonds is 3. The number of hydrogen-bond donors (Lipinski definition) is 0. The molecule has 2 aliphatic heterocycles. The van der Waals surface area contributed by atoms with Crippen LogP contribution < -0.4 is 4.74 Å². The van der Waals surface area contributed by atoms with Crippen LogP contribution in [0.15, 0.2) is 18.2 Å². The van der Waals surface area contributed by atoms with E-state index in [4.69, 9.17) is 9.47 Å². The third-order valence-corrected chi connectivity index (χ3v) is 3.63.